The molecule has 0 spiro atoms. The lowest BCUT2D eigenvalue weighted by atomic mass is 10.1. The van der Waals surface area contributed by atoms with Crippen molar-refractivity contribution in [2.24, 2.45) is 5.73 Å². The number of benzene rings is 1. The van der Waals surface area contributed by atoms with Crippen LogP contribution >= 0.6 is 0 Å². The summed E-state index contributed by atoms with van der Waals surface area (Å²) >= 11 is 0. The zero-order valence-corrected chi connectivity index (χ0v) is 14.5. The molecule has 5 nitrogen and oxygen atoms in total. The summed E-state index contributed by atoms with van der Waals surface area (Å²) in [6.45, 7) is 4.04. The second-order valence-electron chi connectivity index (χ2n) is 6.01. The first-order valence-corrected chi connectivity index (χ1v) is 9.92. The molecule has 2 rings (SSSR count). The maximum Gasteiger partial charge on any atom is 0.243 e. The molecule has 1 aliphatic heterocycles. The highest BCUT2D eigenvalue weighted by Gasteiger charge is 2.32. The number of nitrogens with zero attached hydrogens (tertiary/aromatic N) is 1. The highest BCUT2D eigenvalue weighted by molar-refractivity contribution is 7.89. The summed E-state index contributed by atoms with van der Waals surface area (Å²) in [6.07, 6.45) is 6.64. The first kappa shape index (κ1) is 18.4. The molecule has 0 bridgehead atoms. The average molecular weight is 338 g/mol. The monoisotopic (exact) mass is 338 g/mol. The largest absolute Gasteiger partial charge is 0.330 e. The van der Waals surface area contributed by atoms with E-state index >= 15 is 0 Å². The predicted octanol–water partition coefficient (Wildman–Crippen LogP) is 2.11. The van der Waals surface area contributed by atoms with E-state index in [0.717, 1.165) is 32.4 Å². The van der Waals surface area contributed by atoms with Gasteiger partial charge in [-0.3, -0.25) is 0 Å². The second kappa shape index (κ2) is 9.37. The Balaban J connectivity index is 1.70. The van der Waals surface area contributed by atoms with Crippen molar-refractivity contribution >= 4 is 10.0 Å². The number of sulfonamides is 1. The number of rotatable bonds is 10. The normalized spacial score (nSPS) is 19.3. The molecule has 6 heteroatoms. The fraction of sp³-hybridized carbons (Fsp3) is 0.588. The molecule has 1 heterocycles. The summed E-state index contributed by atoms with van der Waals surface area (Å²) in [6, 6.07) is 8.84. The zero-order valence-electron chi connectivity index (χ0n) is 13.7. The molecule has 23 heavy (non-hydrogen) atoms. The molecule has 0 aliphatic carbocycles. The summed E-state index contributed by atoms with van der Waals surface area (Å²) in [4.78, 5) is 0.358. The van der Waals surface area contributed by atoms with Gasteiger partial charge in [0.05, 0.1) is 4.90 Å². The van der Waals surface area contributed by atoms with E-state index in [4.69, 9.17) is 5.73 Å². The van der Waals surface area contributed by atoms with Crippen molar-refractivity contribution in [3.8, 4) is 0 Å². The van der Waals surface area contributed by atoms with E-state index in [-0.39, 0.29) is 6.04 Å². The van der Waals surface area contributed by atoms with Crippen molar-refractivity contribution in [2.75, 3.05) is 19.6 Å². The van der Waals surface area contributed by atoms with E-state index in [0.29, 0.717) is 11.4 Å². The van der Waals surface area contributed by atoms with Crippen molar-refractivity contribution < 1.29 is 8.42 Å². The first-order chi connectivity index (χ1) is 11.1. The standard InChI is InChI=1S/C17H28N3O2S/c18-12-7-2-1-3-8-13-19-16-11-14-20(15-16)23(21,22)17-9-5-4-6-10-17/h4-6,9-10,14,16,19H,1-3,7-8,11-13,15,18H2. The van der Waals surface area contributed by atoms with E-state index in [1.54, 1.807) is 30.8 Å². The summed E-state index contributed by atoms with van der Waals surface area (Å²) in [5, 5.41) is 3.46. The Morgan fingerprint density at radius 1 is 1.09 bits per heavy atom. The molecular formula is C17H28N3O2S. The Labute approximate surface area is 140 Å². The highest BCUT2D eigenvalue weighted by atomic mass is 32.2. The SMILES string of the molecule is NCCCCCCCNC1C[CH]N(S(=O)(=O)c2ccccc2)C1. The van der Waals surface area contributed by atoms with Crippen LogP contribution in [0.1, 0.15) is 38.5 Å². The summed E-state index contributed by atoms with van der Waals surface area (Å²) < 4.78 is 26.5. The number of nitrogens with one attached hydrogen (secondary N) is 1. The quantitative estimate of drug-likeness (QED) is 0.641. The summed E-state index contributed by atoms with van der Waals surface area (Å²) in [7, 11) is -3.39. The molecule has 0 aromatic heterocycles. The molecule has 0 saturated carbocycles. The third-order valence-electron chi connectivity index (χ3n) is 4.16. The highest BCUT2D eigenvalue weighted by Crippen LogP contribution is 2.23. The van der Waals surface area contributed by atoms with Crippen molar-refractivity contribution in [2.45, 2.75) is 49.5 Å². The molecular weight excluding hydrogens is 310 g/mol. The number of hydrogen-bond acceptors (Lipinski definition) is 4. The van der Waals surface area contributed by atoms with E-state index in [1.165, 1.54) is 23.6 Å². The number of hydrogen-bond donors (Lipinski definition) is 2. The smallest absolute Gasteiger partial charge is 0.243 e. The molecule has 1 saturated heterocycles. The maximum absolute atomic E-state index is 12.5. The van der Waals surface area contributed by atoms with Gasteiger partial charge < -0.3 is 11.1 Å². The number of nitrogens with two attached hydrogens (primary N) is 1. The molecule has 1 aromatic carbocycles. The van der Waals surface area contributed by atoms with Crippen LogP contribution in [0.25, 0.3) is 0 Å². The molecule has 1 radical (unpaired) electrons. The van der Waals surface area contributed by atoms with Crippen molar-refractivity contribution in [3.63, 3.8) is 0 Å². The lowest BCUT2D eigenvalue weighted by Crippen LogP contribution is -2.35. The molecule has 0 amide bonds. The average Bonchev–Trinajstić information content (AvgIpc) is 3.04. The van der Waals surface area contributed by atoms with Gasteiger partial charge in [0, 0.05) is 19.1 Å². The van der Waals surface area contributed by atoms with Gasteiger partial charge in [-0.15, -0.1) is 0 Å². The lowest BCUT2D eigenvalue weighted by Gasteiger charge is -2.17. The van der Waals surface area contributed by atoms with Crippen molar-refractivity contribution in [1.29, 1.82) is 0 Å². The third-order valence-corrected chi connectivity index (χ3v) is 5.94. The van der Waals surface area contributed by atoms with E-state index in [2.05, 4.69) is 5.32 Å². The molecule has 1 atom stereocenters. The Bertz CT molecular complexity index is 548. The third kappa shape index (κ3) is 5.57. The lowest BCUT2D eigenvalue weighted by molar-refractivity contribution is 0.465. The van der Waals surface area contributed by atoms with Crippen LogP contribution in [-0.2, 0) is 10.0 Å². The summed E-state index contributed by atoms with van der Waals surface area (Å²) in [5.41, 5.74) is 5.47. The van der Waals surface area contributed by atoms with Crippen LogP contribution in [0.3, 0.4) is 0 Å². The topological polar surface area (TPSA) is 75.4 Å². The minimum atomic E-state index is -3.39. The minimum Gasteiger partial charge on any atom is -0.330 e. The predicted molar refractivity (Wildman–Crippen MR) is 93.2 cm³/mol. The Kier molecular flexibility index (Phi) is 7.49. The van der Waals surface area contributed by atoms with Gasteiger partial charge in [-0.2, -0.15) is 4.31 Å². The van der Waals surface area contributed by atoms with Gasteiger partial charge in [0.2, 0.25) is 10.0 Å². The molecule has 1 aliphatic rings. The molecule has 3 N–H and O–H groups in total. The number of unbranched alkanes of at least 4 members (excludes halogenated alkanes) is 4. The second-order valence-corrected chi connectivity index (χ2v) is 7.90. The van der Waals surface area contributed by atoms with E-state index in [9.17, 15) is 8.42 Å². The van der Waals surface area contributed by atoms with Crippen LogP contribution in [0.4, 0.5) is 0 Å². The van der Waals surface area contributed by atoms with Crippen LogP contribution in [0.15, 0.2) is 35.2 Å². The fourth-order valence-corrected chi connectivity index (χ4v) is 4.22. The molecule has 1 fully saturated rings. The van der Waals surface area contributed by atoms with Crippen molar-refractivity contribution in [3.05, 3.63) is 36.9 Å². The van der Waals surface area contributed by atoms with Gasteiger partial charge in [0.15, 0.2) is 0 Å². The van der Waals surface area contributed by atoms with Crippen LogP contribution < -0.4 is 11.1 Å². The van der Waals surface area contributed by atoms with Gasteiger partial charge in [0.1, 0.15) is 0 Å². The van der Waals surface area contributed by atoms with E-state index < -0.39 is 10.0 Å². The summed E-state index contributed by atoms with van der Waals surface area (Å²) in [5.74, 6) is 0. The van der Waals surface area contributed by atoms with E-state index in [1.807, 2.05) is 6.07 Å². The first-order valence-electron chi connectivity index (χ1n) is 8.48. The molecule has 1 aromatic rings. The fourth-order valence-electron chi connectivity index (χ4n) is 2.79. The minimum absolute atomic E-state index is 0.220. The van der Waals surface area contributed by atoms with Gasteiger partial charge in [-0.25, -0.2) is 8.42 Å². The maximum atomic E-state index is 12.5. The van der Waals surface area contributed by atoms with Gasteiger partial charge in [0.25, 0.3) is 0 Å². The Hall–Kier alpha value is -0.950. The van der Waals surface area contributed by atoms with Crippen LogP contribution in [0, 0.1) is 6.54 Å². The molecule has 1 unspecified atom stereocenters. The van der Waals surface area contributed by atoms with Crippen LogP contribution in [0.5, 0.6) is 0 Å². The van der Waals surface area contributed by atoms with Crippen LogP contribution in [-0.4, -0.2) is 38.4 Å². The van der Waals surface area contributed by atoms with Crippen molar-refractivity contribution in [1.82, 2.24) is 9.62 Å². The Morgan fingerprint density at radius 2 is 1.78 bits per heavy atom. The zero-order chi connectivity index (χ0) is 16.5. The van der Waals surface area contributed by atoms with Gasteiger partial charge in [-0.05, 0) is 44.5 Å². The van der Waals surface area contributed by atoms with Gasteiger partial charge >= 0.3 is 0 Å². The van der Waals surface area contributed by atoms with Crippen LogP contribution in [0.2, 0.25) is 0 Å². The molecule has 129 valence electrons. The Morgan fingerprint density at radius 3 is 2.52 bits per heavy atom. The van der Waals surface area contributed by atoms with Gasteiger partial charge in [-0.1, -0.05) is 37.5 Å².